The maximum atomic E-state index is 9.35. The number of hydrogen-bond donors (Lipinski definition) is 3. The van der Waals surface area contributed by atoms with Crippen LogP contribution in [0, 0.1) is 3.83 Å². The van der Waals surface area contributed by atoms with Crippen LogP contribution < -0.4 is 5.73 Å². The molecule has 86 valence electrons. The summed E-state index contributed by atoms with van der Waals surface area (Å²) in [4.78, 5) is 12.2. The number of hydrogen-bond acceptors (Lipinski definition) is 6. The van der Waals surface area contributed by atoms with Crippen molar-refractivity contribution >= 4 is 39.6 Å². The molecule has 0 bridgehead atoms. The van der Waals surface area contributed by atoms with Gasteiger partial charge in [0, 0.05) is 22.6 Å². The highest BCUT2D eigenvalue weighted by atomic mass is 127. The van der Waals surface area contributed by atoms with E-state index in [0.29, 0.717) is 20.8 Å². The number of imidazole rings is 1. The highest BCUT2D eigenvalue weighted by Crippen LogP contribution is 2.17. The van der Waals surface area contributed by atoms with Gasteiger partial charge in [0.1, 0.15) is 5.52 Å². The van der Waals surface area contributed by atoms with E-state index in [1.165, 1.54) is 6.33 Å². The fraction of sp³-hybridized carbons (Fsp3) is 0.375. The van der Waals surface area contributed by atoms with Gasteiger partial charge in [0.25, 0.3) is 0 Å². The van der Waals surface area contributed by atoms with E-state index in [9.17, 15) is 5.11 Å². The molecule has 4 N–H and O–H groups in total. The van der Waals surface area contributed by atoms with Gasteiger partial charge in [-0.3, -0.25) is 0 Å². The van der Waals surface area contributed by atoms with Crippen LogP contribution >= 0.6 is 22.6 Å². The van der Waals surface area contributed by atoms with Crippen LogP contribution in [0.1, 0.15) is 0 Å². The van der Waals surface area contributed by atoms with E-state index in [2.05, 4.69) is 15.0 Å². The Morgan fingerprint density at radius 2 is 2.25 bits per heavy atom. The minimum Gasteiger partial charge on any atom is -0.394 e. The molecule has 2 aromatic rings. The molecular weight excluding hydrogens is 325 g/mol. The zero-order valence-corrected chi connectivity index (χ0v) is 10.4. The molecule has 2 heterocycles. The number of aromatic nitrogens is 4. The van der Waals surface area contributed by atoms with Gasteiger partial charge in [0.05, 0.1) is 25.6 Å². The smallest absolute Gasteiger partial charge is 0.194 e. The molecule has 16 heavy (non-hydrogen) atoms. The quantitative estimate of drug-likeness (QED) is 0.509. The molecule has 0 radical (unpaired) electrons. The maximum Gasteiger partial charge on any atom is 0.194 e. The monoisotopic (exact) mass is 335 g/mol. The molecule has 8 heteroatoms. The Kier molecular flexibility index (Phi) is 3.21. The van der Waals surface area contributed by atoms with Crippen molar-refractivity contribution in [3.8, 4) is 0 Å². The molecule has 0 aliphatic rings. The van der Waals surface area contributed by atoms with Gasteiger partial charge in [-0.1, -0.05) is 0 Å². The van der Waals surface area contributed by atoms with Crippen LogP contribution in [0.25, 0.3) is 11.2 Å². The van der Waals surface area contributed by atoms with Gasteiger partial charge >= 0.3 is 0 Å². The SMILES string of the molecule is Nc1nc(I)nc2c1ncn2CC(O)CO. The van der Waals surface area contributed by atoms with Crippen molar-refractivity contribution in [3.63, 3.8) is 0 Å². The van der Waals surface area contributed by atoms with Crippen LogP contribution in [0.4, 0.5) is 5.82 Å². The Bertz CT molecular complexity index is 514. The average molecular weight is 335 g/mol. The molecule has 2 aromatic heterocycles. The number of halogens is 1. The maximum absolute atomic E-state index is 9.35. The number of nitrogens with zero attached hydrogens (tertiary/aromatic N) is 4. The molecule has 0 saturated carbocycles. The van der Waals surface area contributed by atoms with E-state index in [1.807, 2.05) is 22.6 Å². The molecular formula is C8H10IN5O2. The molecule has 0 fully saturated rings. The topological polar surface area (TPSA) is 110 Å². The van der Waals surface area contributed by atoms with Gasteiger partial charge in [0.15, 0.2) is 15.3 Å². The second-order valence-corrected chi connectivity index (χ2v) is 4.25. The Labute approximate surface area is 104 Å². The number of anilines is 1. The summed E-state index contributed by atoms with van der Waals surface area (Å²) in [5, 5.41) is 18.1. The first-order valence-corrected chi connectivity index (χ1v) is 5.62. The number of nitrogens with two attached hydrogens (primary N) is 1. The van der Waals surface area contributed by atoms with Crippen LogP contribution in [0.3, 0.4) is 0 Å². The lowest BCUT2D eigenvalue weighted by molar-refractivity contribution is 0.0819. The lowest BCUT2D eigenvalue weighted by atomic mass is 10.4. The Hall–Kier alpha value is -1.00. The van der Waals surface area contributed by atoms with E-state index in [4.69, 9.17) is 10.8 Å². The number of nitrogen functional groups attached to an aromatic ring is 1. The summed E-state index contributed by atoms with van der Waals surface area (Å²) in [6.07, 6.45) is 0.677. The van der Waals surface area contributed by atoms with Crippen molar-refractivity contribution < 1.29 is 10.2 Å². The number of rotatable bonds is 3. The predicted octanol–water partition coefficient (Wildman–Crippen LogP) is -0.634. The van der Waals surface area contributed by atoms with Crippen LogP contribution in [-0.4, -0.2) is 42.4 Å². The average Bonchev–Trinajstić information content (AvgIpc) is 2.61. The van der Waals surface area contributed by atoms with Crippen LogP contribution in [-0.2, 0) is 6.54 Å². The van der Waals surface area contributed by atoms with Crippen LogP contribution in [0.5, 0.6) is 0 Å². The Balaban J connectivity index is 2.47. The highest BCUT2D eigenvalue weighted by Gasteiger charge is 2.12. The molecule has 0 aliphatic carbocycles. The summed E-state index contributed by atoms with van der Waals surface area (Å²) in [7, 11) is 0. The molecule has 2 rings (SSSR count). The van der Waals surface area contributed by atoms with Crippen molar-refractivity contribution in [3.05, 3.63) is 10.2 Å². The van der Waals surface area contributed by atoms with Crippen molar-refractivity contribution in [2.45, 2.75) is 12.6 Å². The second-order valence-electron chi connectivity index (χ2n) is 3.28. The van der Waals surface area contributed by atoms with E-state index in [-0.39, 0.29) is 13.2 Å². The zero-order valence-electron chi connectivity index (χ0n) is 8.21. The molecule has 0 aromatic carbocycles. The number of fused-ring (bicyclic) bond motifs is 1. The van der Waals surface area contributed by atoms with E-state index in [1.54, 1.807) is 4.57 Å². The first-order chi connectivity index (χ1) is 7.61. The molecule has 0 spiro atoms. The summed E-state index contributed by atoms with van der Waals surface area (Å²) in [5.41, 5.74) is 6.75. The summed E-state index contributed by atoms with van der Waals surface area (Å²) in [5.74, 6) is 0.312. The second kappa shape index (κ2) is 4.47. The number of aliphatic hydroxyl groups excluding tert-OH is 2. The van der Waals surface area contributed by atoms with Crippen molar-refractivity contribution in [1.29, 1.82) is 0 Å². The minimum absolute atomic E-state index is 0.222. The fourth-order valence-electron chi connectivity index (χ4n) is 1.36. The van der Waals surface area contributed by atoms with Crippen molar-refractivity contribution in [2.75, 3.05) is 12.3 Å². The Morgan fingerprint density at radius 1 is 1.50 bits per heavy atom. The molecule has 1 unspecified atom stereocenters. The molecule has 0 aliphatic heterocycles. The zero-order chi connectivity index (χ0) is 11.7. The lowest BCUT2D eigenvalue weighted by Crippen LogP contribution is -2.19. The lowest BCUT2D eigenvalue weighted by Gasteiger charge is -2.08. The minimum atomic E-state index is -0.841. The normalized spacial score (nSPS) is 13.2. The predicted molar refractivity (Wildman–Crippen MR) is 65.5 cm³/mol. The largest absolute Gasteiger partial charge is 0.394 e. The highest BCUT2D eigenvalue weighted by molar-refractivity contribution is 14.1. The summed E-state index contributed by atoms with van der Waals surface area (Å²) < 4.78 is 2.15. The third kappa shape index (κ3) is 2.08. The third-order valence-electron chi connectivity index (χ3n) is 2.08. The Morgan fingerprint density at radius 3 is 2.94 bits per heavy atom. The third-order valence-corrected chi connectivity index (χ3v) is 2.56. The van der Waals surface area contributed by atoms with Gasteiger partial charge < -0.3 is 20.5 Å². The van der Waals surface area contributed by atoms with Crippen LogP contribution in [0.15, 0.2) is 6.33 Å². The molecule has 0 saturated heterocycles. The first kappa shape index (κ1) is 11.5. The first-order valence-electron chi connectivity index (χ1n) is 4.54. The molecule has 7 nitrogen and oxygen atoms in total. The van der Waals surface area contributed by atoms with Gasteiger partial charge in [-0.25, -0.2) is 15.0 Å². The summed E-state index contributed by atoms with van der Waals surface area (Å²) in [6.45, 7) is -0.0864. The van der Waals surface area contributed by atoms with E-state index >= 15 is 0 Å². The summed E-state index contributed by atoms with van der Waals surface area (Å²) in [6, 6.07) is 0. The van der Waals surface area contributed by atoms with Gasteiger partial charge in [0.2, 0.25) is 0 Å². The van der Waals surface area contributed by atoms with E-state index in [0.717, 1.165) is 0 Å². The van der Waals surface area contributed by atoms with Crippen LogP contribution in [0.2, 0.25) is 0 Å². The molecule has 1 atom stereocenters. The fourth-order valence-corrected chi connectivity index (χ4v) is 1.85. The van der Waals surface area contributed by atoms with E-state index < -0.39 is 6.10 Å². The van der Waals surface area contributed by atoms with Gasteiger partial charge in [-0.05, 0) is 0 Å². The van der Waals surface area contributed by atoms with Crippen molar-refractivity contribution in [2.24, 2.45) is 0 Å². The standard InChI is InChI=1S/C8H10IN5O2/c9-8-12-6(10)5-7(13-8)14(3-11-5)1-4(16)2-15/h3-4,15-16H,1-2H2,(H2,10,12,13). The summed E-state index contributed by atoms with van der Waals surface area (Å²) >= 11 is 1.96. The van der Waals surface area contributed by atoms with Gasteiger partial charge in [-0.15, -0.1) is 0 Å². The number of aliphatic hydroxyl groups is 2. The molecule has 0 amide bonds. The van der Waals surface area contributed by atoms with Gasteiger partial charge in [-0.2, -0.15) is 0 Å². The van der Waals surface area contributed by atoms with Crippen molar-refractivity contribution in [1.82, 2.24) is 19.5 Å².